The van der Waals surface area contributed by atoms with Crippen LogP contribution in [-0.2, 0) is 13.0 Å². The highest BCUT2D eigenvalue weighted by Crippen LogP contribution is 2.01. The van der Waals surface area contributed by atoms with Crippen molar-refractivity contribution >= 4 is 0 Å². The Morgan fingerprint density at radius 3 is 3.13 bits per heavy atom. The number of imidazole rings is 1. The first-order valence-corrected chi connectivity index (χ1v) is 5.39. The van der Waals surface area contributed by atoms with E-state index < -0.39 is 0 Å². The lowest BCUT2D eigenvalue weighted by molar-refractivity contribution is 0.615. The molecule has 0 aliphatic heterocycles. The van der Waals surface area contributed by atoms with Crippen LogP contribution in [-0.4, -0.2) is 23.1 Å². The van der Waals surface area contributed by atoms with Gasteiger partial charge in [-0.2, -0.15) is 5.26 Å². The number of aromatic nitrogens is 2. The minimum absolute atomic E-state index is 0.654. The molecular formula is C11H18N4. The van der Waals surface area contributed by atoms with E-state index in [1.807, 2.05) is 13.4 Å². The summed E-state index contributed by atoms with van der Waals surface area (Å²) < 4.78 is 2.10. The lowest BCUT2D eigenvalue weighted by atomic mass is 10.2. The lowest BCUT2D eigenvalue weighted by Crippen LogP contribution is -2.10. The third kappa shape index (κ3) is 4.61. The van der Waals surface area contributed by atoms with Crippen LogP contribution in [0.5, 0.6) is 0 Å². The molecule has 1 aromatic heterocycles. The van der Waals surface area contributed by atoms with Crippen molar-refractivity contribution in [3.63, 3.8) is 0 Å². The van der Waals surface area contributed by atoms with Crippen molar-refractivity contribution in [2.45, 2.75) is 32.2 Å². The summed E-state index contributed by atoms with van der Waals surface area (Å²) in [7, 11) is 1.94. The highest BCUT2D eigenvalue weighted by Gasteiger charge is 1.97. The van der Waals surface area contributed by atoms with E-state index >= 15 is 0 Å². The largest absolute Gasteiger partial charge is 0.337 e. The molecule has 0 saturated carbocycles. The number of hydrogen-bond donors (Lipinski definition) is 1. The number of unbranched alkanes of at least 4 members (excludes halogenated alkanes) is 2. The Morgan fingerprint density at radius 2 is 2.40 bits per heavy atom. The van der Waals surface area contributed by atoms with Gasteiger partial charge >= 0.3 is 0 Å². The molecule has 15 heavy (non-hydrogen) atoms. The van der Waals surface area contributed by atoms with E-state index in [1.54, 1.807) is 0 Å². The Morgan fingerprint density at radius 1 is 1.53 bits per heavy atom. The van der Waals surface area contributed by atoms with Gasteiger partial charge in [0.1, 0.15) is 0 Å². The molecule has 0 atom stereocenters. The molecule has 0 unspecified atom stereocenters. The molecule has 0 aliphatic carbocycles. The van der Waals surface area contributed by atoms with Crippen molar-refractivity contribution in [1.29, 1.82) is 5.26 Å². The van der Waals surface area contributed by atoms with Gasteiger partial charge in [0.05, 0.1) is 18.1 Å². The Kier molecular flexibility index (Phi) is 5.49. The molecule has 0 saturated heterocycles. The molecule has 0 aromatic carbocycles. The van der Waals surface area contributed by atoms with Crippen molar-refractivity contribution in [3.05, 3.63) is 18.2 Å². The number of likely N-dealkylation sites (N-methyl/N-ethyl adjacent to an activating group) is 1. The van der Waals surface area contributed by atoms with Crippen LogP contribution in [0.2, 0.25) is 0 Å². The Hall–Kier alpha value is -1.34. The first-order chi connectivity index (χ1) is 7.36. The zero-order chi connectivity index (χ0) is 10.9. The molecule has 0 spiro atoms. The summed E-state index contributed by atoms with van der Waals surface area (Å²) >= 11 is 0. The second kappa shape index (κ2) is 7.02. The van der Waals surface area contributed by atoms with Crippen molar-refractivity contribution < 1.29 is 0 Å². The van der Waals surface area contributed by atoms with Gasteiger partial charge in [-0.25, -0.2) is 4.98 Å². The van der Waals surface area contributed by atoms with Crippen molar-refractivity contribution in [2.24, 2.45) is 0 Å². The maximum atomic E-state index is 8.39. The molecule has 1 rings (SSSR count). The van der Waals surface area contributed by atoms with Gasteiger partial charge in [0.15, 0.2) is 0 Å². The van der Waals surface area contributed by atoms with E-state index in [-0.39, 0.29) is 0 Å². The van der Waals surface area contributed by atoms with E-state index in [0.29, 0.717) is 6.42 Å². The standard InChI is InChI=1S/C11H18N4/c1-13-7-5-11-9-15(10-14-11)8-4-2-3-6-12/h9-10,13H,2-5,7-8H2,1H3. The fourth-order valence-corrected chi connectivity index (χ4v) is 1.41. The zero-order valence-electron chi connectivity index (χ0n) is 9.24. The Balaban J connectivity index is 2.24. The average Bonchev–Trinajstić information content (AvgIpc) is 2.69. The molecule has 4 nitrogen and oxygen atoms in total. The average molecular weight is 206 g/mol. The summed E-state index contributed by atoms with van der Waals surface area (Å²) in [6.45, 7) is 1.93. The number of nitrogens with one attached hydrogen (secondary N) is 1. The summed E-state index contributed by atoms with van der Waals surface area (Å²) in [5.74, 6) is 0. The maximum Gasteiger partial charge on any atom is 0.0949 e. The number of hydrogen-bond acceptors (Lipinski definition) is 3. The predicted octanol–water partition coefficient (Wildman–Crippen LogP) is 1.34. The zero-order valence-corrected chi connectivity index (χ0v) is 9.24. The van der Waals surface area contributed by atoms with Gasteiger partial charge < -0.3 is 9.88 Å². The minimum Gasteiger partial charge on any atom is -0.337 e. The van der Waals surface area contributed by atoms with Gasteiger partial charge in [-0.1, -0.05) is 0 Å². The fourth-order valence-electron chi connectivity index (χ4n) is 1.41. The van der Waals surface area contributed by atoms with Gasteiger partial charge in [0.2, 0.25) is 0 Å². The monoisotopic (exact) mass is 206 g/mol. The second-order valence-electron chi connectivity index (χ2n) is 3.57. The molecule has 0 aliphatic rings. The molecule has 1 heterocycles. The molecule has 82 valence electrons. The Bertz CT molecular complexity index is 311. The number of rotatable bonds is 7. The van der Waals surface area contributed by atoms with Gasteiger partial charge in [-0.3, -0.25) is 0 Å². The van der Waals surface area contributed by atoms with Crippen molar-refractivity contribution in [3.8, 4) is 6.07 Å². The van der Waals surface area contributed by atoms with Gasteiger partial charge in [-0.05, 0) is 19.9 Å². The van der Waals surface area contributed by atoms with E-state index in [4.69, 9.17) is 5.26 Å². The summed E-state index contributed by atoms with van der Waals surface area (Å²) in [5, 5.41) is 11.5. The molecule has 4 heteroatoms. The topological polar surface area (TPSA) is 53.6 Å². The van der Waals surface area contributed by atoms with Crippen molar-refractivity contribution in [2.75, 3.05) is 13.6 Å². The van der Waals surface area contributed by atoms with Gasteiger partial charge in [-0.15, -0.1) is 0 Å². The summed E-state index contributed by atoms with van der Waals surface area (Å²) in [5.41, 5.74) is 1.13. The van der Waals surface area contributed by atoms with E-state index in [2.05, 4.69) is 27.1 Å². The smallest absolute Gasteiger partial charge is 0.0949 e. The van der Waals surface area contributed by atoms with Crippen LogP contribution in [0.15, 0.2) is 12.5 Å². The summed E-state index contributed by atoms with van der Waals surface area (Å²) in [4.78, 5) is 4.31. The van der Waals surface area contributed by atoms with Crippen LogP contribution in [0.4, 0.5) is 0 Å². The van der Waals surface area contributed by atoms with Crippen molar-refractivity contribution in [1.82, 2.24) is 14.9 Å². The van der Waals surface area contributed by atoms with Crippen LogP contribution in [0.3, 0.4) is 0 Å². The molecule has 0 radical (unpaired) electrons. The molecule has 0 bridgehead atoms. The first kappa shape index (κ1) is 11.7. The third-order valence-electron chi connectivity index (χ3n) is 2.27. The molecule has 1 N–H and O–H groups in total. The normalized spacial score (nSPS) is 10.1. The molecule has 0 fully saturated rings. The highest BCUT2D eigenvalue weighted by atomic mass is 15.0. The molecule has 1 aromatic rings. The summed E-state index contributed by atoms with van der Waals surface area (Å²) in [6.07, 6.45) is 7.61. The lowest BCUT2D eigenvalue weighted by Gasteiger charge is -1.99. The first-order valence-electron chi connectivity index (χ1n) is 5.39. The number of nitriles is 1. The van der Waals surface area contributed by atoms with E-state index in [1.165, 1.54) is 0 Å². The minimum atomic E-state index is 0.654. The van der Waals surface area contributed by atoms with E-state index in [0.717, 1.165) is 38.0 Å². The van der Waals surface area contributed by atoms with Crippen LogP contribution in [0, 0.1) is 11.3 Å². The second-order valence-corrected chi connectivity index (χ2v) is 3.57. The van der Waals surface area contributed by atoms with Crippen LogP contribution < -0.4 is 5.32 Å². The van der Waals surface area contributed by atoms with E-state index in [9.17, 15) is 0 Å². The SMILES string of the molecule is CNCCc1cn(CCCCC#N)cn1. The maximum absolute atomic E-state index is 8.39. The number of aryl methyl sites for hydroxylation is 1. The Labute approximate surface area is 90.9 Å². The fraction of sp³-hybridized carbons (Fsp3) is 0.636. The highest BCUT2D eigenvalue weighted by molar-refractivity contribution is 4.97. The van der Waals surface area contributed by atoms with Crippen LogP contribution in [0.25, 0.3) is 0 Å². The summed E-state index contributed by atoms with van der Waals surface area (Å²) in [6, 6.07) is 2.15. The van der Waals surface area contributed by atoms with Gasteiger partial charge in [0, 0.05) is 32.1 Å². The quantitative estimate of drug-likeness (QED) is 0.685. The van der Waals surface area contributed by atoms with Crippen LogP contribution >= 0.6 is 0 Å². The predicted molar refractivity (Wildman–Crippen MR) is 59.3 cm³/mol. The molecular weight excluding hydrogens is 188 g/mol. The van der Waals surface area contributed by atoms with Crippen LogP contribution in [0.1, 0.15) is 25.0 Å². The third-order valence-corrected chi connectivity index (χ3v) is 2.27. The number of nitrogens with zero attached hydrogens (tertiary/aromatic N) is 3. The van der Waals surface area contributed by atoms with Gasteiger partial charge in [0.25, 0.3) is 0 Å². The molecule has 0 amide bonds.